The average molecular weight is 307 g/mol. The summed E-state index contributed by atoms with van der Waals surface area (Å²) < 4.78 is 6.07. The van der Waals surface area contributed by atoms with E-state index in [1.165, 1.54) is 0 Å². The number of carbonyl (C=O) groups is 1. The minimum atomic E-state index is -0.934. The van der Waals surface area contributed by atoms with Crippen LogP contribution in [0.2, 0.25) is 0 Å². The number of rotatable bonds is 3. The van der Waals surface area contributed by atoms with Crippen LogP contribution in [0.15, 0.2) is 46.9 Å². The largest absolute Gasteiger partial charge is 0.497 e. The molecule has 0 radical (unpaired) electrons. The van der Waals surface area contributed by atoms with Gasteiger partial charge in [0, 0.05) is 4.47 Å². The lowest BCUT2D eigenvalue weighted by atomic mass is 10.0. The number of hydrogen-bond donors (Lipinski definition) is 1. The third-order valence-electron chi connectivity index (χ3n) is 2.59. The molecular weight excluding hydrogens is 296 g/mol. The minimum Gasteiger partial charge on any atom is -0.497 e. The molecule has 0 aliphatic rings. The van der Waals surface area contributed by atoms with Gasteiger partial charge in [0.2, 0.25) is 0 Å². The first-order chi connectivity index (χ1) is 8.61. The Morgan fingerprint density at radius 2 is 2.00 bits per heavy atom. The Bertz CT molecular complexity index is 593. The van der Waals surface area contributed by atoms with Gasteiger partial charge in [0.15, 0.2) is 0 Å². The van der Waals surface area contributed by atoms with Crippen molar-refractivity contribution in [3.05, 3.63) is 52.5 Å². The quantitative estimate of drug-likeness (QED) is 0.937. The summed E-state index contributed by atoms with van der Waals surface area (Å²) in [6, 6.07) is 12.4. The number of methoxy groups -OCH3 is 1. The first-order valence-electron chi connectivity index (χ1n) is 5.29. The number of aromatic carboxylic acids is 1. The Balaban J connectivity index is 2.54. The molecule has 0 aliphatic heterocycles. The molecule has 2 aromatic carbocycles. The van der Waals surface area contributed by atoms with Crippen LogP contribution in [0.3, 0.4) is 0 Å². The number of carboxylic acids is 1. The molecule has 0 amide bonds. The van der Waals surface area contributed by atoms with Crippen molar-refractivity contribution in [3.63, 3.8) is 0 Å². The highest BCUT2D eigenvalue weighted by molar-refractivity contribution is 9.10. The normalized spacial score (nSPS) is 10.1. The van der Waals surface area contributed by atoms with E-state index in [1.807, 2.05) is 24.3 Å². The monoisotopic (exact) mass is 306 g/mol. The summed E-state index contributed by atoms with van der Waals surface area (Å²) in [6.07, 6.45) is 0. The standard InChI is InChI=1S/C14H11BrO3/c1-18-11-5-6-13(15)12(8-11)9-3-2-4-10(7-9)14(16)17/h2-8H,1H3,(H,16,17). The van der Waals surface area contributed by atoms with E-state index < -0.39 is 5.97 Å². The van der Waals surface area contributed by atoms with Crippen LogP contribution in [-0.4, -0.2) is 18.2 Å². The summed E-state index contributed by atoms with van der Waals surface area (Å²) in [5.41, 5.74) is 2.00. The lowest BCUT2D eigenvalue weighted by Gasteiger charge is -2.08. The molecule has 18 heavy (non-hydrogen) atoms. The highest BCUT2D eigenvalue weighted by atomic mass is 79.9. The van der Waals surface area contributed by atoms with Crippen LogP contribution in [0.1, 0.15) is 10.4 Å². The van der Waals surface area contributed by atoms with Crippen LogP contribution in [-0.2, 0) is 0 Å². The molecule has 0 unspecified atom stereocenters. The van der Waals surface area contributed by atoms with Crippen molar-refractivity contribution in [2.45, 2.75) is 0 Å². The highest BCUT2D eigenvalue weighted by Gasteiger charge is 2.08. The van der Waals surface area contributed by atoms with E-state index in [1.54, 1.807) is 25.3 Å². The van der Waals surface area contributed by atoms with Gasteiger partial charge in [0.25, 0.3) is 0 Å². The fourth-order valence-corrected chi connectivity index (χ4v) is 2.15. The van der Waals surface area contributed by atoms with Crippen molar-refractivity contribution in [1.29, 1.82) is 0 Å². The van der Waals surface area contributed by atoms with Gasteiger partial charge in [0.05, 0.1) is 12.7 Å². The lowest BCUT2D eigenvalue weighted by Crippen LogP contribution is -1.96. The minimum absolute atomic E-state index is 0.266. The van der Waals surface area contributed by atoms with Crippen molar-refractivity contribution in [1.82, 2.24) is 0 Å². The molecule has 4 heteroatoms. The molecule has 0 bridgehead atoms. The topological polar surface area (TPSA) is 46.5 Å². The fourth-order valence-electron chi connectivity index (χ4n) is 1.67. The predicted octanol–water partition coefficient (Wildman–Crippen LogP) is 3.82. The van der Waals surface area contributed by atoms with Crippen LogP contribution in [0.5, 0.6) is 5.75 Å². The second-order valence-corrected chi connectivity index (χ2v) is 4.59. The maximum absolute atomic E-state index is 11.0. The van der Waals surface area contributed by atoms with Crippen LogP contribution in [0.25, 0.3) is 11.1 Å². The first-order valence-corrected chi connectivity index (χ1v) is 6.08. The number of halogens is 1. The molecule has 0 aliphatic carbocycles. The van der Waals surface area contributed by atoms with Gasteiger partial charge in [-0.1, -0.05) is 28.1 Å². The van der Waals surface area contributed by atoms with Gasteiger partial charge >= 0.3 is 5.97 Å². The fraction of sp³-hybridized carbons (Fsp3) is 0.0714. The first kappa shape index (κ1) is 12.6. The highest BCUT2D eigenvalue weighted by Crippen LogP contribution is 2.32. The Labute approximate surface area is 113 Å². The summed E-state index contributed by atoms with van der Waals surface area (Å²) in [5, 5.41) is 8.99. The van der Waals surface area contributed by atoms with Gasteiger partial charge in [-0.3, -0.25) is 0 Å². The van der Waals surface area contributed by atoms with E-state index in [0.29, 0.717) is 0 Å². The third-order valence-corrected chi connectivity index (χ3v) is 3.29. The van der Waals surface area contributed by atoms with E-state index in [0.717, 1.165) is 21.3 Å². The van der Waals surface area contributed by atoms with Crippen LogP contribution >= 0.6 is 15.9 Å². The number of ether oxygens (including phenoxy) is 1. The van der Waals surface area contributed by atoms with Gasteiger partial charge < -0.3 is 9.84 Å². The molecule has 0 heterocycles. The second-order valence-electron chi connectivity index (χ2n) is 3.73. The molecule has 2 aromatic rings. The molecule has 0 aromatic heterocycles. The van der Waals surface area contributed by atoms with E-state index in [-0.39, 0.29) is 5.56 Å². The molecule has 3 nitrogen and oxygen atoms in total. The average Bonchev–Trinajstić information content (AvgIpc) is 2.39. The van der Waals surface area contributed by atoms with Crippen molar-refractivity contribution in [2.75, 3.05) is 7.11 Å². The maximum atomic E-state index is 11.0. The third kappa shape index (κ3) is 2.54. The molecule has 92 valence electrons. The van der Waals surface area contributed by atoms with Gasteiger partial charge in [-0.15, -0.1) is 0 Å². The molecule has 1 N–H and O–H groups in total. The van der Waals surface area contributed by atoms with Crippen LogP contribution in [0.4, 0.5) is 0 Å². The summed E-state index contributed by atoms with van der Waals surface area (Å²) >= 11 is 3.45. The summed E-state index contributed by atoms with van der Waals surface area (Å²) in [4.78, 5) is 11.0. The Morgan fingerprint density at radius 3 is 2.67 bits per heavy atom. The van der Waals surface area contributed by atoms with Crippen LogP contribution in [0, 0.1) is 0 Å². The van der Waals surface area contributed by atoms with Gasteiger partial charge in [-0.25, -0.2) is 4.79 Å². The van der Waals surface area contributed by atoms with Crippen molar-refractivity contribution in [2.24, 2.45) is 0 Å². The maximum Gasteiger partial charge on any atom is 0.335 e. The van der Waals surface area contributed by atoms with E-state index >= 15 is 0 Å². The Kier molecular flexibility index (Phi) is 3.67. The summed E-state index contributed by atoms with van der Waals surface area (Å²) in [5.74, 6) is -0.204. The zero-order valence-corrected chi connectivity index (χ0v) is 11.3. The molecule has 2 rings (SSSR count). The van der Waals surface area contributed by atoms with E-state index in [4.69, 9.17) is 9.84 Å². The van der Waals surface area contributed by atoms with Crippen molar-refractivity contribution >= 4 is 21.9 Å². The Hall–Kier alpha value is -1.81. The predicted molar refractivity (Wildman–Crippen MR) is 73.1 cm³/mol. The molecular formula is C14H11BrO3. The van der Waals surface area contributed by atoms with Crippen molar-refractivity contribution < 1.29 is 14.6 Å². The zero-order chi connectivity index (χ0) is 13.1. The Morgan fingerprint density at radius 1 is 1.22 bits per heavy atom. The molecule has 0 fully saturated rings. The van der Waals surface area contributed by atoms with Gasteiger partial charge in [-0.2, -0.15) is 0 Å². The smallest absolute Gasteiger partial charge is 0.335 e. The van der Waals surface area contributed by atoms with E-state index in [9.17, 15) is 4.79 Å². The number of benzene rings is 2. The summed E-state index contributed by atoms with van der Waals surface area (Å²) in [7, 11) is 1.60. The second kappa shape index (κ2) is 5.23. The number of hydrogen-bond acceptors (Lipinski definition) is 2. The van der Waals surface area contributed by atoms with Gasteiger partial charge in [-0.05, 0) is 41.5 Å². The van der Waals surface area contributed by atoms with Crippen molar-refractivity contribution in [3.8, 4) is 16.9 Å². The number of carboxylic acid groups (broad SMARTS) is 1. The zero-order valence-electron chi connectivity index (χ0n) is 9.68. The SMILES string of the molecule is COc1ccc(Br)c(-c2cccc(C(=O)O)c2)c1. The summed E-state index contributed by atoms with van der Waals surface area (Å²) in [6.45, 7) is 0. The molecule has 0 saturated carbocycles. The molecule has 0 atom stereocenters. The van der Waals surface area contributed by atoms with E-state index in [2.05, 4.69) is 15.9 Å². The van der Waals surface area contributed by atoms with Gasteiger partial charge in [0.1, 0.15) is 5.75 Å². The van der Waals surface area contributed by atoms with Crippen LogP contribution < -0.4 is 4.74 Å². The molecule has 0 saturated heterocycles. The molecule has 0 spiro atoms. The lowest BCUT2D eigenvalue weighted by molar-refractivity contribution is 0.0697.